The monoisotopic (exact) mass is 294 g/mol. The number of nitrogens with zero attached hydrogens (tertiary/aromatic N) is 1. The van der Waals surface area contributed by atoms with Crippen molar-refractivity contribution in [3.8, 4) is 0 Å². The highest BCUT2D eigenvalue weighted by Gasteiger charge is 2.16. The molecule has 0 atom stereocenters. The van der Waals surface area contributed by atoms with Gasteiger partial charge in [-0.15, -0.1) is 0 Å². The summed E-state index contributed by atoms with van der Waals surface area (Å²) in [5, 5.41) is 9.78. The van der Waals surface area contributed by atoms with E-state index < -0.39 is 5.97 Å². The molecule has 0 radical (unpaired) electrons. The molecule has 0 spiro atoms. The lowest BCUT2D eigenvalue weighted by molar-refractivity contribution is -0.136. The first-order valence-corrected chi connectivity index (χ1v) is 6.77. The van der Waals surface area contributed by atoms with Crippen LogP contribution >= 0.6 is 0 Å². The fourth-order valence-corrected chi connectivity index (χ4v) is 2.53. The number of para-hydroxylation sites is 1. The topological polar surface area (TPSA) is 85.3 Å². The Labute approximate surface area is 126 Å². The van der Waals surface area contributed by atoms with Crippen LogP contribution in [0, 0.1) is 0 Å². The lowest BCUT2D eigenvalue weighted by Crippen LogP contribution is -2.11. The van der Waals surface area contributed by atoms with Gasteiger partial charge in [0.1, 0.15) is 0 Å². The predicted octanol–water partition coefficient (Wildman–Crippen LogP) is 2.54. The van der Waals surface area contributed by atoms with Gasteiger partial charge in [0.2, 0.25) is 0 Å². The van der Waals surface area contributed by atoms with Crippen LogP contribution in [0.5, 0.6) is 0 Å². The molecule has 0 aliphatic carbocycles. The van der Waals surface area contributed by atoms with Gasteiger partial charge < -0.3 is 10.8 Å². The third kappa shape index (κ3) is 2.44. The molecule has 5 heteroatoms. The van der Waals surface area contributed by atoms with Crippen LogP contribution in [0.3, 0.4) is 0 Å². The number of hydrogen-bond acceptors (Lipinski definition) is 3. The van der Waals surface area contributed by atoms with Gasteiger partial charge in [0.05, 0.1) is 11.9 Å². The SMILES string of the molecule is Nc1cccc(C(=O)n2cc(CC(=O)O)c3ccccc32)c1. The number of aliphatic carboxylic acids is 1. The molecule has 3 N–H and O–H groups in total. The van der Waals surface area contributed by atoms with Crippen LogP contribution in [0.2, 0.25) is 0 Å². The van der Waals surface area contributed by atoms with Gasteiger partial charge in [0.25, 0.3) is 5.91 Å². The molecule has 3 aromatic rings. The van der Waals surface area contributed by atoms with Crippen molar-refractivity contribution in [1.82, 2.24) is 4.57 Å². The molecular formula is C17H14N2O3. The van der Waals surface area contributed by atoms with Crippen LogP contribution in [0.1, 0.15) is 15.9 Å². The molecule has 0 amide bonds. The molecule has 0 unspecified atom stereocenters. The Morgan fingerprint density at radius 3 is 2.59 bits per heavy atom. The number of carboxylic acids is 1. The normalized spacial score (nSPS) is 10.7. The van der Waals surface area contributed by atoms with Crippen molar-refractivity contribution in [2.45, 2.75) is 6.42 Å². The molecule has 5 nitrogen and oxygen atoms in total. The van der Waals surface area contributed by atoms with Crippen molar-refractivity contribution < 1.29 is 14.7 Å². The second-order valence-corrected chi connectivity index (χ2v) is 5.04. The van der Waals surface area contributed by atoms with Gasteiger partial charge in [-0.3, -0.25) is 14.2 Å². The van der Waals surface area contributed by atoms with Crippen LogP contribution in [0.4, 0.5) is 5.69 Å². The first-order chi connectivity index (χ1) is 10.6. The highest BCUT2D eigenvalue weighted by molar-refractivity contribution is 6.03. The van der Waals surface area contributed by atoms with E-state index in [1.165, 1.54) is 4.57 Å². The summed E-state index contributed by atoms with van der Waals surface area (Å²) in [4.78, 5) is 23.7. The van der Waals surface area contributed by atoms with Gasteiger partial charge in [-0.25, -0.2) is 0 Å². The molecule has 0 fully saturated rings. The van der Waals surface area contributed by atoms with Crippen molar-refractivity contribution in [2.24, 2.45) is 0 Å². The predicted molar refractivity (Wildman–Crippen MR) is 83.9 cm³/mol. The van der Waals surface area contributed by atoms with Gasteiger partial charge in [-0.05, 0) is 29.8 Å². The summed E-state index contributed by atoms with van der Waals surface area (Å²) in [5.41, 5.74) is 7.98. The van der Waals surface area contributed by atoms with Crippen molar-refractivity contribution >= 4 is 28.5 Å². The average molecular weight is 294 g/mol. The fraction of sp³-hybridized carbons (Fsp3) is 0.0588. The summed E-state index contributed by atoms with van der Waals surface area (Å²) < 4.78 is 1.47. The van der Waals surface area contributed by atoms with E-state index in [1.807, 2.05) is 18.2 Å². The molecule has 0 aliphatic heterocycles. The van der Waals surface area contributed by atoms with E-state index in [0.717, 1.165) is 5.39 Å². The molecular weight excluding hydrogens is 280 g/mol. The average Bonchev–Trinajstić information content (AvgIpc) is 2.85. The zero-order valence-corrected chi connectivity index (χ0v) is 11.7. The minimum atomic E-state index is -0.931. The summed E-state index contributed by atoms with van der Waals surface area (Å²) in [7, 11) is 0. The van der Waals surface area contributed by atoms with Crippen LogP contribution in [-0.2, 0) is 11.2 Å². The number of fused-ring (bicyclic) bond motifs is 1. The minimum absolute atomic E-state index is 0.127. The zero-order valence-electron chi connectivity index (χ0n) is 11.7. The first-order valence-electron chi connectivity index (χ1n) is 6.77. The van der Waals surface area contributed by atoms with Crippen molar-refractivity contribution in [1.29, 1.82) is 0 Å². The molecule has 110 valence electrons. The van der Waals surface area contributed by atoms with Crippen LogP contribution < -0.4 is 5.73 Å². The second-order valence-electron chi connectivity index (χ2n) is 5.04. The van der Waals surface area contributed by atoms with E-state index in [-0.39, 0.29) is 12.3 Å². The fourth-order valence-electron chi connectivity index (χ4n) is 2.53. The van der Waals surface area contributed by atoms with Crippen molar-refractivity contribution in [3.05, 3.63) is 65.9 Å². The van der Waals surface area contributed by atoms with E-state index in [9.17, 15) is 9.59 Å². The largest absolute Gasteiger partial charge is 0.481 e. The third-order valence-corrected chi connectivity index (χ3v) is 3.49. The van der Waals surface area contributed by atoms with Gasteiger partial charge >= 0.3 is 5.97 Å². The van der Waals surface area contributed by atoms with Crippen molar-refractivity contribution in [3.63, 3.8) is 0 Å². The molecule has 1 heterocycles. The Morgan fingerprint density at radius 2 is 1.86 bits per heavy atom. The van der Waals surface area contributed by atoms with Crippen LogP contribution in [0.15, 0.2) is 54.7 Å². The van der Waals surface area contributed by atoms with Gasteiger partial charge in [-0.1, -0.05) is 24.3 Å². The summed E-state index contributed by atoms with van der Waals surface area (Å²) in [6.07, 6.45) is 1.46. The van der Waals surface area contributed by atoms with Gasteiger partial charge in [0, 0.05) is 22.8 Å². The van der Waals surface area contributed by atoms with E-state index >= 15 is 0 Å². The summed E-state index contributed by atoms with van der Waals surface area (Å²) >= 11 is 0. The number of aromatic nitrogens is 1. The minimum Gasteiger partial charge on any atom is -0.481 e. The Hall–Kier alpha value is -3.08. The molecule has 0 saturated carbocycles. The molecule has 22 heavy (non-hydrogen) atoms. The third-order valence-electron chi connectivity index (χ3n) is 3.49. The number of hydrogen-bond donors (Lipinski definition) is 2. The van der Waals surface area contributed by atoms with Crippen LogP contribution in [-0.4, -0.2) is 21.6 Å². The molecule has 0 bridgehead atoms. The number of carboxylic acid groups (broad SMARTS) is 1. The van der Waals surface area contributed by atoms with Crippen molar-refractivity contribution in [2.75, 3.05) is 5.73 Å². The second kappa shape index (κ2) is 5.37. The number of anilines is 1. The summed E-state index contributed by atoms with van der Waals surface area (Å²) in [5.74, 6) is -1.17. The number of carbonyl (C=O) groups is 2. The highest BCUT2D eigenvalue weighted by Crippen LogP contribution is 2.23. The number of nitrogens with two attached hydrogens (primary N) is 1. The highest BCUT2D eigenvalue weighted by atomic mass is 16.4. The Kier molecular flexibility index (Phi) is 3.39. The first kappa shape index (κ1) is 13.9. The number of nitrogen functional groups attached to an aromatic ring is 1. The smallest absolute Gasteiger partial charge is 0.307 e. The molecule has 0 aliphatic rings. The Balaban J connectivity index is 2.14. The molecule has 3 rings (SSSR count). The Morgan fingerprint density at radius 1 is 1.09 bits per heavy atom. The maximum absolute atomic E-state index is 12.7. The number of carbonyl (C=O) groups excluding carboxylic acids is 1. The Bertz CT molecular complexity index is 880. The quantitative estimate of drug-likeness (QED) is 0.727. The summed E-state index contributed by atoms with van der Waals surface area (Å²) in [6.45, 7) is 0. The maximum atomic E-state index is 12.7. The van der Waals surface area contributed by atoms with E-state index in [2.05, 4.69) is 0 Å². The maximum Gasteiger partial charge on any atom is 0.307 e. The lowest BCUT2D eigenvalue weighted by atomic mass is 10.1. The lowest BCUT2D eigenvalue weighted by Gasteiger charge is -2.04. The molecule has 0 saturated heterocycles. The van der Waals surface area contributed by atoms with E-state index in [1.54, 1.807) is 36.5 Å². The zero-order chi connectivity index (χ0) is 15.7. The number of benzene rings is 2. The number of rotatable bonds is 3. The molecule has 2 aromatic carbocycles. The van der Waals surface area contributed by atoms with Crippen LogP contribution in [0.25, 0.3) is 10.9 Å². The van der Waals surface area contributed by atoms with E-state index in [0.29, 0.717) is 22.3 Å². The van der Waals surface area contributed by atoms with Gasteiger partial charge in [0.15, 0.2) is 0 Å². The summed E-state index contributed by atoms with van der Waals surface area (Å²) in [6, 6.07) is 14.0. The van der Waals surface area contributed by atoms with Gasteiger partial charge in [-0.2, -0.15) is 0 Å². The standard InChI is InChI=1S/C17H14N2O3/c18-13-5-3-4-11(8-13)17(22)19-10-12(9-16(20)21)14-6-1-2-7-15(14)19/h1-8,10H,9,18H2,(H,20,21). The van der Waals surface area contributed by atoms with E-state index in [4.69, 9.17) is 10.8 Å². The molecule has 1 aromatic heterocycles.